The number of aliphatic hydroxyl groups is 1. The summed E-state index contributed by atoms with van der Waals surface area (Å²) in [6, 6.07) is 2.28. The number of hydrogen-bond donors (Lipinski definition) is 1. The van der Waals surface area contributed by atoms with Crippen molar-refractivity contribution in [3.8, 4) is 0 Å². The lowest BCUT2D eigenvalue weighted by Crippen LogP contribution is -2.30. The predicted molar refractivity (Wildman–Crippen MR) is 68.2 cm³/mol. The molecule has 1 N–H and O–H groups in total. The molecular formula is C11H12BrFN2O3. The molecular weight excluding hydrogens is 307 g/mol. The maximum absolute atomic E-state index is 13.5. The number of nitro groups is 1. The largest absolute Gasteiger partial charge is 0.388 e. The maximum Gasteiger partial charge on any atom is 0.293 e. The Morgan fingerprint density at radius 1 is 1.61 bits per heavy atom. The third-order valence-corrected chi connectivity index (χ3v) is 3.61. The first-order valence-corrected chi connectivity index (χ1v) is 6.20. The van der Waals surface area contributed by atoms with E-state index in [2.05, 4.69) is 15.9 Å². The fourth-order valence-electron chi connectivity index (χ4n) is 2.08. The topological polar surface area (TPSA) is 66.6 Å². The van der Waals surface area contributed by atoms with Gasteiger partial charge in [-0.25, -0.2) is 4.39 Å². The van der Waals surface area contributed by atoms with Crippen molar-refractivity contribution in [2.24, 2.45) is 0 Å². The Balaban J connectivity index is 2.44. The summed E-state index contributed by atoms with van der Waals surface area (Å²) in [4.78, 5) is 12.1. The van der Waals surface area contributed by atoms with E-state index in [0.717, 1.165) is 12.1 Å². The zero-order valence-electron chi connectivity index (χ0n) is 9.69. The first-order chi connectivity index (χ1) is 8.30. The van der Waals surface area contributed by atoms with Gasteiger partial charge in [-0.15, -0.1) is 0 Å². The van der Waals surface area contributed by atoms with E-state index in [9.17, 15) is 19.6 Å². The predicted octanol–water partition coefficient (Wildman–Crippen LogP) is 2.46. The summed E-state index contributed by atoms with van der Waals surface area (Å²) < 4.78 is 13.6. The van der Waals surface area contributed by atoms with Crippen LogP contribution in [0, 0.1) is 15.9 Å². The van der Waals surface area contributed by atoms with E-state index in [1.165, 1.54) is 0 Å². The van der Waals surface area contributed by atoms with Crippen molar-refractivity contribution < 1.29 is 14.4 Å². The lowest BCUT2D eigenvalue weighted by Gasteiger charge is -2.20. The van der Waals surface area contributed by atoms with Crippen molar-refractivity contribution >= 4 is 27.3 Å². The van der Waals surface area contributed by atoms with Crippen LogP contribution in [0.4, 0.5) is 15.8 Å². The maximum atomic E-state index is 13.5. The molecule has 1 aromatic carbocycles. The third kappa shape index (κ3) is 2.46. The van der Waals surface area contributed by atoms with E-state index < -0.39 is 16.3 Å². The van der Waals surface area contributed by atoms with Crippen LogP contribution in [0.25, 0.3) is 0 Å². The molecule has 0 saturated carbocycles. The number of nitro benzene ring substituents is 1. The van der Waals surface area contributed by atoms with E-state index in [4.69, 9.17) is 0 Å². The highest BCUT2D eigenvalue weighted by atomic mass is 79.9. The van der Waals surface area contributed by atoms with Crippen molar-refractivity contribution in [1.29, 1.82) is 0 Å². The normalized spacial score (nSPS) is 23.4. The van der Waals surface area contributed by atoms with Crippen molar-refractivity contribution in [2.75, 3.05) is 18.0 Å². The SMILES string of the molecule is CC1(O)CCN(c2cc(F)c(Br)cc2[N+](=O)[O-])C1. The standard InChI is InChI=1S/C11H12BrFN2O3/c1-11(16)2-3-14(6-11)9-5-8(13)7(12)4-10(9)15(17)18/h4-5,16H,2-3,6H2,1H3. The van der Waals surface area contributed by atoms with Crippen LogP contribution < -0.4 is 4.90 Å². The fraction of sp³-hybridized carbons (Fsp3) is 0.455. The van der Waals surface area contributed by atoms with Gasteiger partial charge in [0, 0.05) is 25.2 Å². The van der Waals surface area contributed by atoms with E-state index in [1.807, 2.05) is 0 Å². The van der Waals surface area contributed by atoms with Crippen LogP contribution in [0.3, 0.4) is 0 Å². The minimum absolute atomic E-state index is 0.0592. The summed E-state index contributed by atoms with van der Waals surface area (Å²) in [5.41, 5.74) is -0.850. The van der Waals surface area contributed by atoms with E-state index in [-0.39, 0.29) is 22.4 Å². The van der Waals surface area contributed by atoms with Gasteiger partial charge in [0.1, 0.15) is 11.5 Å². The third-order valence-electron chi connectivity index (χ3n) is 3.01. The lowest BCUT2D eigenvalue weighted by molar-refractivity contribution is -0.384. The Morgan fingerprint density at radius 3 is 2.78 bits per heavy atom. The fourth-order valence-corrected chi connectivity index (χ4v) is 2.41. The molecule has 0 amide bonds. The van der Waals surface area contributed by atoms with Crippen LogP contribution in [0.1, 0.15) is 13.3 Å². The average molecular weight is 319 g/mol. The first-order valence-electron chi connectivity index (χ1n) is 5.41. The van der Waals surface area contributed by atoms with Gasteiger partial charge in [-0.3, -0.25) is 10.1 Å². The van der Waals surface area contributed by atoms with Crippen molar-refractivity contribution in [3.63, 3.8) is 0 Å². The van der Waals surface area contributed by atoms with Crippen LogP contribution in [0.5, 0.6) is 0 Å². The second kappa shape index (κ2) is 4.47. The van der Waals surface area contributed by atoms with Gasteiger partial charge in [0.15, 0.2) is 0 Å². The number of rotatable bonds is 2. The highest BCUT2D eigenvalue weighted by Crippen LogP contribution is 2.36. The lowest BCUT2D eigenvalue weighted by atomic mass is 10.1. The van der Waals surface area contributed by atoms with Gasteiger partial charge >= 0.3 is 0 Å². The molecule has 1 heterocycles. The summed E-state index contributed by atoms with van der Waals surface area (Å²) in [5.74, 6) is -0.554. The summed E-state index contributed by atoms with van der Waals surface area (Å²) in [5, 5.41) is 20.8. The molecule has 0 aliphatic carbocycles. The molecule has 1 saturated heterocycles. The number of nitrogens with zero attached hydrogens (tertiary/aromatic N) is 2. The Labute approximate surface area is 111 Å². The van der Waals surface area contributed by atoms with Crippen LogP contribution in [0.15, 0.2) is 16.6 Å². The quantitative estimate of drug-likeness (QED) is 0.672. The minimum atomic E-state index is -0.891. The summed E-state index contributed by atoms with van der Waals surface area (Å²) in [6.45, 7) is 2.39. The van der Waals surface area contributed by atoms with Gasteiger partial charge in [0.2, 0.25) is 0 Å². The molecule has 1 atom stereocenters. The van der Waals surface area contributed by atoms with Gasteiger partial charge in [-0.05, 0) is 29.3 Å². The van der Waals surface area contributed by atoms with E-state index in [1.54, 1.807) is 11.8 Å². The van der Waals surface area contributed by atoms with Crippen LogP contribution in [-0.4, -0.2) is 28.7 Å². The van der Waals surface area contributed by atoms with E-state index >= 15 is 0 Å². The smallest absolute Gasteiger partial charge is 0.293 e. The summed E-state index contributed by atoms with van der Waals surface area (Å²) in [7, 11) is 0. The zero-order valence-corrected chi connectivity index (χ0v) is 11.3. The monoisotopic (exact) mass is 318 g/mol. The van der Waals surface area contributed by atoms with Gasteiger partial charge in [0.05, 0.1) is 15.0 Å². The molecule has 18 heavy (non-hydrogen) atoms. The van der Waals surface area contributed by atoms with Crippen LogP contribution in [-0.2, 0) is 0 Å². The Kier molecular flexibility index (Phi) is 3.29. The molecule has 1 aliphatic heterocycles. The minimum Gasteiger partial charge on any atom is -0.388 e. The Hall–Kier alpha value is -1.21. The summed E-state index contributed by atoms with van der Waals surface area (Å²) >= 11 is 2.93. The number of benzene rings is 1. The molecule has 0 spiro atoms. The molecule has 98 valence electrons. The molecule has 7 heteroatoms. The zero-order chi connectivity index (χ0) is 13.5. The molecule has 2 rings (SSSR count). The van der Waals surface area contributed by atoms with Gasteiger partial charge in [-0.1, -0.05) is 0 Å². The van der Waals surface area contributed by atoms with Gasteiger partial charge in [-0.2, -0.15) is 0 Å². The van der Waals surface area contributed by atoms with Gasteiger partial charge in [0.25, 0.3) is 5.69 Å². The molecule has 5 nitrogen and oxygen atoms in total. The second-order valence-corrected chi connectivity index (χ2v) is 5.53. The highest BCUT2D eigenvalue weighted by Gasteiger charge is 2.34. The Bertz CT molecular complexity index is 507. The van der Waals surface area contributed by atoms with E-state index in [0.29, 0.717) is 13.0 Å². The van der Waals surface area contributed by atoms with Crippen LogP contribution in [0.2, 0.25) is 0 Å². The molecule has 1 aliphatic rings. The highest BCUT2D eigenvalue weighted by molar-refractivity contribution is 9.10. The average Bonchev–Trinajstić information content (AvgIpc) is 2.62. The molecule has 0 aromatic heterocycles. The molecule has 0 radical (unpaired) electrons. The number of β-amino-alcohol motifs (C(OH)–C–C–N with tert-alkyl or cyclic N) is 1. The molecule has 1 fully saturated rings. The number of halogens is 2. The van der Waals surface area contributed by atoms with Crippen molar-refractivity contribution in [1.82, 2.24) is 0 Å². The second-order valence-electron chi connectivity index (χ2n) is 4.68. The van der Waals surface area contributed by atoms with Gasteiger partial charge < -0.3 is 10.0 Å². The van der Waals surface area contributed by atoms with Crippen molar-refractivity contribution in [3.05, 3.63) is 32.5 Å². The summed E-state index contributed by atoms with van der Waals surface area (Å²) in [6.07, 6.45) is 0.502. The number of anilines is 1. The first kappa shape index (κ1) is 13.2. The molecule has 1 unspecified atom stereocenters. The van der Waals surface area contributed by atoms with Crippen LogP contribution >= 0.6 is 15.9 Å². The molecule has 1 aromatic rings. The Morgan fingerprint density at radius 2 is 2.28 bits per heavy atom. The van der Waals surface area contributed by atoms with Crippen molar-refractivity contribution in [2.45, 2.75) is 18.9 Å². The molecule has 0 bridgehead atoms. The number of hydrogen-bond acceptors (Lipinski definition) is 4.